The van der Waals surface area contributed by atoms with Crippen LogP contribution in [0.25, 0.3) is 0 Å². The van der Waals surface area contributed by atoms with Crippen LogP contribution < -0.4 is 5.32 Å². The summed E-state index contributed by atoms with van der Waals surface area (Å²) >= 11 is 0. The number of carbonyl (C=O) groups excluding carboxylic acids is 2. The summed E-state index contributed by atoms with van der Waals surface area (Å²) in [5.41, 5.74) is -0.328. The van der Waals surface area contributed by atoms with E-state index in [-0.39, 0.29) is 29.6 Å². The predicted octanol–water partition coefficient (Wildman–Crippen LogP) is 1.61. The van der Waals surface area contributed by atoms with E-state index in [2.05, 4.69) is 12.2 Å². The molecule has 0 radical (unpaired) electrons. The zero-order valence-electron chi connectivity index (χ0n) is 10.3. The number of esters is 1. The summed E-state index contributed by atoms with van der Waals surface area (Å²) in [5.74, 6) is -0.228. The number of ether oxygens (including phenoxy) is 2. The topological polar surface area (TPSA) is 64.6 Å². The average molecular weight is 241 g/mol. The van der Waals surface area contributed by atoms with E-state index < -0.39 is 0 Å². The molecule has 1 aliphatic carbocycles. The van der Waals surface area contributed by atoms with Crippen LogP contribution in [0.4, 0.5) is 4.79 Å². The molecular formula is C12H19NO4. The molecule has 0 aromatic carbocycles. The minimum absolute atomic E-state index is 0.0868. The number of hydrogen-bond donors (Lipinski definition) is 1. The number of nitrogens with one attached hydrogen (secondary N) is 1. The Morgan fingerprint density at radius 1 is 1.59 bits per heavy atom. The fraction of sp³-hybridized carbons (Fsp3) is 0.833. The van der Waals surface area contributed by atoms with Crippen molar-refractivity contribution in [3.63, 3.8) is 0 Å². The van der Waals surface area contributed by atoms with Crippen LogP contribution in [0.5, 0.6) is 0 Å². The average Bonchev–Trinajstić information content (AvgIpc) is 2.51. The molecule has 1 amide bonds. The molecule has 5 nitrogen and oxygen atoms in total. The van der Waals surface area contributed by atoms with Crippen LogP contribution in [0, 0.1) is 5.92 Å². The van der Waals surface area contributed by atoms with Crippen molar-refractivity contribution in [2.75, 3.05) is 6.61 Å². The highest BCUT2D eigenvalue weighted by Gasteiger charge is 2.57. The van der Waals surface area contributed by atoms with E-state index in [0.717, 1.165) is 12.8 Å². The summed E-state index contributed by atoms with van der Waals surface area (Å²) in [7, 11) is 0. The maximum absolute atomic E-state index is 11.7. The fourth-order valence-electron chi connectivity index (χ4n) is 2.46. The van der Waals surface area contributed by atoms with Crippen LogP contribution in [-0.2, 0) is 14.3 Å². The minimum atomic E-state index is -0.379. The summed E-state index contributed by atoms with van der Waals surface area (Å²) < 4.78 is 10.2. The van der Waals surface area contributed by atoms with E-state index in [1.165, 1.54) is 0 Å². The Labute approximate surface area is 101 Å². The Kier molecular flexibility index (Phi) is 3.26. The maximum Gasteiger partial charge on any atom is 0.408 e. The van der Waals surface area contributed by atoms with Gasteiger partial charge in [0.2, 0.25) is 0 Å². The SMILES string of the molecule is CCCCOC(=O)C1CC2(C1)NC(=O)OC2C. The van der Waals surface area contributed by atoms with Gasteiger partial charge in [-0.05, 0) is 26.2 Å². The summed E-state index contributed by atoms with van der Waals surface area (Å²) in [6.07, 6.45) is 2.64. The van der Waals surface area contributed by atoms with Crippen molar-refractivity contribution in [3.05, 3.63) is 0 Å². The van der Waals surface area contributed by atoms with Gasteiger partial charge in [-0.1, -0.05) is 13.3 Å². The molecule has 1 spiro atoms. The molecule has 5 heteroatoms. The first kappa shape index (κ1) is 12.2. The number of hydrogen-bond acceptors (Lipinski definition) is 4. The summed E-state index contributed by atoms with van der Waals surface area (Å²) in [6.45, 7) is 4.41. The summed E-state index contributed by atoms with van der Waals surface area (Å²) in [6, 6.07) is 0. The molecule has 2 fully saturated rings. The Morgan fingerprint density at radius 3 is 2.82 bits per heavy atom. The quantitative estimate of drug-likeness (QED) is 0.600. The van der Waals surface area contributed by atoms with Crippen LogP contribution in [0.3, 0.4) is 0 Å². The first-order valence-corrected chi connectivity index (χ1v) is 6.23. The first-order chi connectivity index (χ1) is 8.07. The third-order valence-electron chi connectivity index (χ3n) is 3.71. The molecule has 1 N–H and O–H groups in total. The van der Waals surface area contributed by atoms with Crippen LogP contribution in [-0.4, -0.2) is 30.3 Å². The second-order valence-corrected chi connectivity index (χ2v) is 4.95. The molecule has 1 saturated heterocycles. The summed E-state index contributed by atoms with van der Waals surface area (Å²) in [4.78, 5) is 22.8. The van der Waals surface area contributed by atoms with Gasteiger partial charge in [-0.15, -0.1) is 0 Å². The van der Waals surface area contributed by atoms with Crippen molar-refractivity contribution < 1.29 is 19.1 Å². The number of rotatable bonds is 4. The molecule has 0 bridgehead atoms. The Bertz CT molecular complexity index is 322. The van der Waals surface area contributed by atoms with Gasteiger partial charge >= 0.3 is 12.1 Å². The van der Waals surface area contributed by atoms with E-state index in [0.29, 0.717) is 19.4 Å². The highest BCUT2D eigenvalue weighted by molar-refractivity contribution is 5.77. The third-order valence-corrected chi connectivity index (χ3v) is 3.71. The van der Waals surface area contributed by atoms with Gasteiger partial charge in [0.15, 0.2) is 0 Å². The number of carbonyl (C=O) groups is 2. The number of cyclic esters (lactones) is 1. The van der Waals surface area contributed by atoms with Crippen molar-refractivity contribution in [2.45, 2.75) is 51.2 Å². The van der Waals surface area contributed by atoms with Crippen molar-refractivity contribution >= 4 is 12.1 Å². The molecule has 1 unspecified atom stereocenters. The number of unbranched alkanes of at least 4 members (excludes halogenated alkanes) is 1. The highest BCUT2D eigenvalue weighted by atomic mass is 16.6. The van der Waals surface area contributed by atoms with Crippen LogP contribution in [0.1, 0.15) is 39.5 Å². The number of alkyl carbamates (subject to hydrolysis) is 1. The van der Waals surface area contributed by atoms with Gasteiger partial charge in [0.05, 0.1) is 18.1 Å². The third kappa shape index (κ3) is 2.23. The van der Waals surface area contributed by atoms with E-state index in [1.807, 2.05) is 6.92 Å². The molecule has 1 heterocycles. The maximum atomic E-state index is 11.7. The lowest BCUT2D eigenvalue weighted by molar-refractivity contribution is -0.155. The zero-order chi connectivity index (χ0) is 12.5. The normalized spacial score (nSPS) is 35.1. The van der Waals surface area contributed by atoms with Crippen molar-refractivity contribution in [2.24, 2.45) is 5.92 Å². The second-order valence-electron chi connectivity index (χ2n) is 4.95. The predicted molar refractivity (Wildman–Crippen MR) is 60.4 cm³/mol. The van der Waals surface area contributed by atoms with E-state index in [4.69, 9.17) is 9.47 Å². The van der Waals surface area contributed by atoms with Crippen LogP contribution in [0.15, 0.2) is 0 Å². The van der Waals surface area contributed by atoms with Gasteiger partial charge in [-0.2, -0.15) is 0 Å². The molecule has 1 saturated carbocycles. The standard InChI is InChI=1S/C12H19NO4/c1-3-4-5-16-10(14)9-6-12(7-9)8(2)17-11(15)13-12/h8-9H,3-7H2,1-2H3,(H,13,15). The molecule has 2 aliphatic rings. The molecule has 0 aromatic heterocycles. The number of amides is 1. The Balaban J connectivity index is 1.78. The van der Waals surface area contributed by atoms with Gasteiger partial charge in [0.25, 0.3) is 0 Å². The smallest absolute Gasteiger partial charge is 0.408 e. The van der Waals surface area contributed by atoms with Gasteiger partial charge in [0, 0.05) is 0 Å². The van der Waals surface area contributed by atoms with Crippen LogP contribution >= 0.6 is 0 Å². The molecule has 1 aliphatic heterocycles. The van der Waals surface area contributed by atoms with Gasteiger partial charge in [0.1, 0.15) is 6.10 Å². The minimum Gasteiger partial charge on any atom is -0.465 e. The zero-order valence-corrected chi connectivity index (χ0v) is 10.3. The fourth-order valence-corrected chi connectivity index (χ4v) is 2.46. The molecule has 17 heavy (non-hydrogen) atoms. The Hall–Kier alpha value is -1.26. The van der Waals surface area contributed by atoms with Gasteiger partial charge in [-0.3, -0.25) is 4.79 Å². The van der Waals surface area contributed by atoms with E-state index in [9.17, 15) is 9.59 Å². The van der Waals surface area contributed by atoms with Crippen molar-refractivity contribution in [3.8, 4) is 0 Å². The lowest BCUT2D eigenvalue weighted by Gasteiger charge is -2.44. The summed E-state index contributed by atoms with van der Waals surface area (Å²) in [5, 5.41) is 2.80. The first-order valence-electron chi connectivity index (χ1n) is 6.23. The molecular weight excluding hydrogens is 222 g/mol. The van der Waals surface area contributed by atoms with Crippen molar-refractivity contribution in [1.29, 1.82) is 0 Å². The molecule has 2 rings (SSSR count). The lowest BCUT2D eigenvalue weighted by atomic mass is 9.66. The second kappa shape index (κ2) is 4.55. The van der Waals surface area contributed by atoms with Gasteiger partial charge < -0.3 is 14.8 Å². The van der Waals surface area contributed by atoms with Crippen LogP contribution in [0.2, 0.25) is 0 Å². The molecule has 0 aromatic rings. The van der Waals surface area contributed by atoms with E-state index >= 15 is 0 Å². The molecule has 1 atom stereocenters. The largest absolute Gasteiger partial charge is 0.465 e. The lowest BCUT2D eigenvalue weighted by Crippen LogP contribution is -2.59. The van der Waals surface area contributed by atoms with E-state index in [1.54, 1.807) is 0 Å². The highest BCUT2D eigenvalue weighted by Crippen LogP contribution is 2.44. The van der Waals surface area contributed by atoms with Gasteiger partial charge in [-0.25, -0.2) is 4.79 Å². The van der Waals surface area contributed by atoms with Crippen molar-refractivity contribution in [1.82, 2.24) is 5.32 Å². The monoisotopic (exact) mass is 241 g/mol. The Morgan fingerprint density at radius 2 is 2.29 bits per heavy atom. The molecule has 96 valence electrons.